The zero-order chi connectivity index (χ0) is 32.3. The van der Waals surface area contributed by atoms with Gasteiger partial charge < -0.3 is 29.7 Å². The van der Waals surface area contributed by atoms with E-state index in [9.17, 15) is 14.4 Å². The highest BCUT2D eigenvalue weighted by Crippen LogP contribution is 2.37. The zero-order valence-electron chi connectivity index (χ0n) is 26.4. The Bertz CT molecular complexity index is 1590. The van der Waals surface area contributed by atoms with Crippen molar-refractivity contribution in [2.75, 3.05) is 20.8 Å². The van der Waals surface area contributed by atoms with Crippen LogP contribution in [0.4, 0.5) is 0 Å². The minimum atomic E-state index is -1.09. The third kappa shape index (κ3) is 8.42. The van der Waals surface area contributed by atoms with Gasteiger partial charge >= 0.3 is 5.97 Å². The number of unbranched alkanes of at least 4 members (excludes halogenated alkanes) is 1. The van der Waals surface area contributed by atoms with Crippen molar-refractivity contribution >= 4 is 28.7 Å². The maximum Gasteiger partial charge on any atom is 0.329 e. The summed E-state index contributed by atoms with van der Waals surface area (Å²) in [6.07, 6.45) is 2.35. The van der Waals surface area contributed by atoms with E-state index < -0.39 is 29.9 Å². The van der Waals surface area contributed by atoms with E-state index in [1.807, 2.05) is 55.5 Å². The number of carbonyl (C=O) groups excluding carboxylic acids is 3. The minimum absolute atomic E-state index is 0.0664. The van der Waals surface area contributed by atoms with Crippen LogP contribution in [0.3, 0.4) is 0 Å². The van der Waals surface area contributed by atoms with Crippen molar-refractivity contribution in [2.45, 2.75) is 58.7 Å². The second kappa shape index (κ2) is 15.8. The fraction of sp³-hybridized carbons (Fsp3) is 0.343. The predicted molar refractivity (Wildman–Crippen MR) is 171 cm³/mol. The zero-order valence-corrected chi connectivity index (χ0v) is 26.4. The number of nitrogens with one attached hydrogen (secondary N) is 2. The molecule has 10 nitrogen and oxygen atoms in total. The Balaban J connectivity index is 1.65. The summed E-state index contributed by atoms with van der Waals surface area (Å²) in [6.45, 7) is 5.41. The Morgan fingerprint density at radius 3 is 2.20 bits per heavy atom. The first-order valence-electron chi connectivity index (χ1n) is 15.0. The summed E-state index contributed by atoms with van der Waals surface area (Å²) in [4.78, 5) is 45.1. The molecule has 0 aliphatic rings. The molecular weight excluding hydrogens is 574 g/mol. The van der Waals surface area contributed by atoms with Crippen LogP contribution in [-0.4, -0.2) is 49.4 Å². The van der Waals surface area contributed by atoms with E-state index in [1.54, 1.807) is 38.5 Å². The lowest BCUT2D eigenvalue weighted by Crippen LogP contribution is -2.50. The second-order valence-electron chi connectivity index (χ2n) is 10.8. The van der Waals surface area contributed by atoms with Crippen molar-refractivity contribution in [1.82, 2.24) is 15.4 Å². The van der Waals surface area contributed by atoms with E-state index in [1.165, 1.54) is 11.7 Å². The van der Waals surface area contributed by atoms with Crippen LogP contribution >= 0.6 is 0 Å². The van der Waals surface area contributed by atoms with E-state index in [0.29, 0.717) is 28.8 Å². The van der Waals surface area contributed by atoms with Gasteiger partial charge in [0.15, 0.2) is 0 Å². The van der Waals surface area contributed by atoms with Gasteiger partial charge in [-0.15, -0.1) is 0 Å². The minimum Gasteiger partial charge on any atom is -0.496 e. The van der Waals surface area contributed by atoms with Gasteiger partial charge in [0.05, 0.1) is 44.6 Å². The molecule has 0 radical (unpaired) electrons. The summed E-state index contributed by atoms with van der Waals surface area (Å²) in [5, 5.41) is 6.65. The van der Waals surface area contributed by atoms with Crippen molar-refractivity contribution < 1.29 is 33.4 Å². The SMILES string of the molecule is CCCCC(NC(=O)C(COCc1ccccc1)NC(=O)c1cc2ccccc2n1OC(C)=O)c1c(OC)cc(C)cc1OC. The molecule has 0 aliphatic carbocycles. The van der Waals surface area contributed by atoms with Crippen LogP contribution in [0.25, 0.3) is 10.9 Å². The van der Waals surface area contributed by atoms with Gasteiger partial charge in [-0.25, -0.2) is 4.79 Å². The van der Waals surface area contributed by atoms with Gasteiger partial charge in [0.2, 0.25) is 5.91 Å². The standard InChI is InChI=1S/C35H41N3O7/c1-6-7-16-27(33-31(42-4)18-23(2)19-32(33)43-5)36-34(40)28(22-44-21-25-13-9-8-10-14-25)37-35(41)30-20-26-15-11-12-17-29(26)38(30)45-24(3)39/h8-15,17-20,27-28H,6-7,16,21-22H2,1-5H3,(H,36,40)(H,37,41). The van der Waals surface area contributed by atoms with Crippen LogP contribution < -0.4 is 24.9 Å². The Morgan fingerprint density at radius 1 is 0.889 bits per heavy atom. The average molecular weight is 616 g/mol. The first kappa shape index (κ1) is 33.1. The summed E-state index contributed by atoms with van der Waals surface area (Å²) in [6, 6.07) is 20.6. The third-order valence-electron chi connectivity index (χ3n) is 7.34. The van der Waals surface area contributed by atoms with Crippen LogP contribution in [0.2, 0.25) is 0 Å². The molecule has 2 N–H and O–H groups in total. The van der Waals surface area contributed by atoms with E-state index in [0.717, 1.165) is 29.5 Å². The lowest BCUT2D eigenvalue weighted by molar-refractivity contribution is -0.141. The molecule has 238 valence electrons. The number of fused-ring (bicyclic) bond motifs is 1. The molecule has 0 bridgehead atoms. The van der Waals surface area contributed by atoms with Gasteiger partial charge in [0.1, 0.15) is 23.2 Å². The normalized spacial score (nSPS) is 12.3. The summed E-state index contributed by atoms with van der Waals surface area (Å²) in [5.74, 6) is -0.449. The lowest BCUT2D eigenvalue weighted by atomic mass is 9.97. The molecule has 0 fully saturated rings. The van der Waals surface area contributed by atoms with Crippen LogP contribution in [0, 0.1) is 6.92 Å². The van der Waals surface area contributed by atoms with Crippen LogP contribution in [-0.2, 0) is 20.9 Å². The fourth-order valence-corrected chi connectivity index (χ4v) is 5.18. The quantitative estimate of drug-likeness (QED) is 0.186. The first-order valence-corrected chi connectivity index (χ1v) is 15.0. The number of hydrogen-bond donors (Lipinski definition) is 2. The first-order chi connectivity index (χ1) is 21.7. The fourth-order valence-electron chi connectivity index (χ4n) is 5.18. The molecule has 4 aromatic rings. The highest BCUT2D eigenvalue weighted by molar-refractivity contribution is 6.01. The molecular formula is C35H41N3O7. The van der Waals surface area contributed by atoms with E-state index in [4.69, 9.17) is 19.0 Å². The number of carbonyl (C=O) groups is 3. The van der Waals surface area contributed by atoms with Gasteiger partial charge in [-0.3, -0.25) is 9.59 Å². The largest absolute Gasteiger partial charge is 0.496 e. The van der Waals surface area contributed by atoms with Crippen LogP contribution in [0.15, 0.2) is 72.8 Å². The van der Waals surface area contributed by atoms with Gasteiger partial charge in [-0.2, -0.15) is 4.73 Å². The number of rotatable bonds is 15. The summed E-state index contributed by atoms with van der Waals surface area (Å²) in [5.41, 5.74) is 3.20. The number of amides is 2. The van der Waals surface area contributed by atoms with E-state index in [2.05, 4.69) is 17.6 Å². The topological polar surface area (TPSA) is 117 Å². The number of nitrogens with zero attached hydrogens (tertiary/aromatic N) is 1. The maximum absolute atomic E-state index is 14.0. The number of methoxy groups -OCH3 is 2. The Morgan fingerprint density at radius 2 is 1.56 bits per heavy atom. The van der Waals surface area contributed by atoms with Gasteiger partial charge in [-0.1, -0.05) is 68.3 Å². The molecule has 0 spiro atoms. The summed E-state index contributed by atoms with van der Waals surface area (Å²) >= 11 is 0. The summed E-state index contributed by atoms with van der Waals surface area (Å²) < 4.78 is 18.6. The molecule has 1 aromatic heterocycles. The monoisotopic (exact) mass is 615 g/mol. The van der Waals surface area contributed by atoms with Gasteiger partial charge in [0, 0.05) is 12.3 Å². The van der Waals surface area contributed by atoms with Crippen molar-refractivity contribution in [1.29, 1.82) is 0 Å². The molecule has 2 atom stereocenters. The number of aryl methyl sites for hydroxylation is 1. The Hall–Kier alpha value is -4.83. The molecule has 0 aliphatic heterocycles. The molecule has 4 rings (SSSR count). The van der Waals surface area contributed by atoms with Crippen molar-refractivity contribution in [3.8, 4) is 11.5 Å². The second-order valence-corrected chi connectivity index (χ2v) is 10.8. The van der Waals surface area contributed by atoms with Crippen molar-refractivity contribution in [2.24, 2.45) is 0 Å². The van der Waals surface area contributed by atoms with Crippen LogP contribution in [0.5, 0.6) is 11.5 Å². The third-order valence-corrected chi connectivity index (χ3v) is 7.34. The molecule has 3 aromatic carbocycles. The molecule has 45 heavy (non-hydrogen) atoms. The van der Waals surface area contributed by atoms with Crippen molar-refractivity contribution in [3.05, 3.63) is 95.2 Å². The number of ether oxygens (including phenoxy) is 3. The highest BCUT2D eigenvalue weighted by Gasteiger charge is 2.29. The summed E-state index contributed by atoms with van der Waals surface area (Å²) in [7, 11) is 3.16. The molecule has 1 heterocycles. The van der Waals surface area contributed by atoms with Gasteiger partial charge in [0.25, 0.3) is 5.91 Å². The predicted octanol–water partition coefficient (Wildman–Crippen LogP) is 5.30. The highest BCUT2D eigenvalue weighted by atomic mass is 16.7. The van der Waals surface area contributed by atoms with Crippen LogP contribution in [0.1, 0.15) is 66.3 Å². The molecule has 2 unspecified atom stereocenters. The molecule has 10 heteroatoms. The molecule has 0 saturated heterocycles. The Kier molecular flexibility index (Phi) is 11.6. The number of benzene rings is 3. The molecule has 0 saturated carbocycles. The van der Waals surface area contributed by atoms with Crippen molar-refractivity contribution in [3.63, 3.8) is 0 Å². The van der Waals surface area contributed by atoms with E-state index >= 15 is 0 Å². The average Bonchev–Trinajstić information content (AvgIpc) is 3.40. The lowest BCUT2D eigenvalue weighted by Gasteiger charge is -2.26. The number of aromatic nitrogens is 1. The number of hydrogen-bond acceptors (Lipinski definition) is 7. The number of para-hydroxylation sites is 1. The molecule has 2 amide bonds. The van der Waals surface area contributed by atoms with Gasteiger partial charge in [-0.05, 0) is 48.7 Å². The van der Waals surface area contributed by atoms with E-state index in [-0.39, 0.29) is 18.9 Å². The smallest absolute Gasteiger partial charge is 0.329 e. The Labute approximate surface area is 263 Å². The maximum atomic E-state index is 14.0.